The lowest BCUT2D eigenvalue weighted by Gasteiger charge is -2.30. The molecule has 30 heavy (non-hydrogen) atoms. The van der Waals surface area contributed by atoms with Gasteiger partial charge in [-0.25, -0.2) is 4.79 Å². The monoisotopic (exact) mass is 471 g/mol. The molecule has 1 aromatic rings. The van der Waals surface area contributed by atoms with Gasteiger partial charge in [0.1, 0.15) is 6.54 Å². The first kappa shape index (κ1) is 21.9. The van der Waals surface area contributed by atoms with Crippen LogP contribution in [0.3, 0.4) is 0 Å². The Hall–Kier alpha value is -2.79. The van der Waals surface area contributed by atoms with Crippen LogP contribution >= 0.6 is 15.9 Å². The number of nitrogen functional groups attached to an aromatic ring is 1. The molecule has 3 amide bonds. The molecule has 0 aromatic heterocycles. The summed E-state index contributed by atoms with van der Waals surface area (Å²) in [5, 5.41) is 11.8. The number of urea groups is 1. The van der Waals surface area contributed by atoms with E-state index in [1.807, 2.05) is 29.2 Å². The number of amides is 3. The maximum absolute atomic E-state index is 12.8. The van der Waals surface area contributed by atoms with E-state index in [1.54, 1.807) is 12.1 Å². The average Bonchev–Trinajstić information content (AvgIpc) is 3.23. The molecule has 0 spiro atoms. The van der Waals surface area contributed by atoms with E-state index in [0.717, 1.165) is 24.8 Å². The highest BCUT2D eigenvalue weighted by molar-refractivity contribution is 9.09. The fraction of sp³-hybridized carbons (Fsp3) is 0.409. The number of nitrogens with one attached hydrogen (secondary N) is 1. The number of alkyl halides is 1. The summed E-state index contributed by atoms with van der Waals surface area (Å²) in [4.78, 5) is 28.9. The van der Waals surface area contributed by atoms with Crippen LogP contribution < -0.4 is 11.1 Å². The normalized spacial score (nSPS) is 20.4. The number of benzene rings is 1. The van der Waals surface area contributed by atoms with Gasteiger partial charge in [0, 0.05) is 23.6 Å². The fourth-order valence-electron chi connectivity index (χ4n) is 3.84. The van der Waals surface area contributed by atoms with Crippen molar-refractivity contribution in [3.8, 4) is 6.07 Å². The third-order valence-corrected chi connectivity index (χ3v) is 6.28. The van der Waals surface area contributed by atoms with Gasteiger partial charge in [-0.1, -0.05) is 46.3 Å². The van der Waals surface area contributed by atoms with Crippen molar-refractivity contribution in [2.45, 2.75) is 36.7 Å². The maximum atomic E-state index is 12.8. The Labute approximate surface area is 185 Å². The molecule has 3 N–H and O–H groups in total. The number of likely N-dealkylation sites (tertiary alicyclic amines) is 1. The van der Waals surface area contributed by atoms with E-state index in [-0.39, 0.29) is 36.4 Å². The minimum absolute atomic E-state index is 0.0636. The molecule has 1 heterocycles. The SMILES string of the molecule is N#CCN(Cc1ccc(N)cc1)C(=O)NCC(=O)N1CCCC1C1=CC=CCC1Br. The van der Waals surface area contributed by atoms with Crippen molar-refractivity contribution in [1.82, 2.24) is 15.1 Å². The molecule has 0 saturated carbocycles. The Morgan fingerprint density at radius 1 is 1.33 bits per heavy atom. The van der Waals surface area contributed by atoms with Crippen LogP contribution in [0.25, 0.3) is 0 Å². The summed E-state index contributed by atoms with van der Waals surface area (Å²) in [6.07, 6.45) is 9.01. The first-order chi connectivity index (χ1) is 14.5. The van der Waals surface area contributed by atoms with Crippen LogP contribution in [0, 0.1) is 11.3 Å². The molecule has 2 aliphatic rings. The van der Waals surface area contributed by atoms with Gasteiger partial charge >= 0.3 is 6.03 Å². The topological polar surface area (TPSA) is 102 Å². The summed E-state index contributed by atoms with van der Waals surface area (Å²) in [6, 6.07) is 8.77. The van der Waals surface area contributed by atoms with E-state index >= 15 is 0 Å². The highest BCUT2D eigenvalue weighted by Crippen LogP contribution is 2.32. The lowest BCUT2D eigenvalue weighted by Crippen LogP contribution is -2.47. The molecule has 1 saturated heterocycles. The lowest BCUT2D eigenvalue weighted by atomic mass is 9.96. The van der Waals surface area contributed by atoms with Crippen LogP contribution in [0.2, 0.25) is 0 Å². The Kier molecular flexibility index (Phi) is 7.52. The van der Waals surface area contributed by atoms with Gasteiger partial charge in [0.2, 0.25) is 5.91 Å². The standard InChI is InChI=1S/C22H26BrN5O2/c23-19-5-2-1-4-18(19)20-6-3-12-28(20)21(29)14-26-22(30)27(13-11-24)15-16-7-9-17(25)10-8-16/h1-2,4,7-10,19-20H,3,5-6,12-15,25H2,(H,26,30). The van der Waals surface area contributed by atoms with Crippen LogP contribution in [0.15, 0.2) is 48.1 Å². The zero-order valence-corrected chi connectivity index (χ0v) is 18.3. The average molecular weight is 472 g/mol. The van der Waals surface area contributed by atoms with Gasteiger partial charge in [0.05, 0.1) is 18.7 Å². The molecule has 1 aliphatic carbocycles. The van der Waals surface area contributed by atoms with Crippen molar-refractivity contribution in [2.75, 3.05) is 25.4 Å². The highest BCUT2D eigenvalue weighted by atomic mass is 79.9. The number of nitriles is 1. The molecule has 8 heteroatoms. The molecule has 2 unspecified atom stereocenters. The third kappa shape index (κ3) is 5.42. The minimum Gasteiger partial charge on any atom is -0.399 e. The van der Waals surface area contributed by atoms with Gasteiger partial charge in [0.15, 0.2) is 0 Å². The summed E-state index contributed by atoms with van der Waals surface area (Å²) in [5.41, 5.74) is 8.40. The predicted molar refractivity (Wildman–Crippen MR) is 120 cm³/mol. The number of allylic oxidation sites excluding steroid dienone is 3. The molecule has 158 valence electrons. The number of nitrogens with zero attached hydrogens (tertiary/aromatic N) is 3. The van der Waals surface area contributed by atoms with Gasteiger partial charge in [-0.05, 0) is 42.5 Å². The summed E-state index contributed by atoms with van der Waals surface area (Å²) in [7, 11) is 0. The van der Waals surface area contributed by atoms with E-state index in [2.05, 4.69) is 33.4 Å². The number of hydrogen-bond acceptors (Lipinski definition) is 4. The first-order valence-corrected chi connectivity index (χ1v) is 11.0. The van der Waals surface area contributed by atoms with Crippen molar-refractivity contribution < 1.29 is 9.59 Å². The fourth-order valence-corrected chi connectivity index (χ4v) is 4.52. The summed E-state index contributed by atoms with van der Waals surface area (Å²) < 4.78 is 0. The van der Waals surface area contributed by atoms with Gasteiger partial charge in [-0.3, -0.25) is 4.79 Å². The van der Waals surface area contributed by atoms with Crippen LogP contribution in [0.1, 0.15) is 24.8 Å². The molecule has 0 bridgehead atoms. The largest absolute Gasteiger partial charge is 0.399 e. The molecule has 1 fully saturated rings. The molecule has 0 radical (unpaired) electrons. The number of rotatable bonds is 6. The second-order valence-electron chi connectivity index (χ2n) is 7.46. The Morgan fingerprint density at radius 2 is 2.10 bits per heavy atom. The zero-order valence-electron chi connectivity index (χ0n) is 16.8. The van der Waals surface area contributed by atoms with Crippen LogP contribution in [0.4, 0.5) is 10.5 Å². The first-order valence-electron chi connectivity index (χ1n) is 10.0. The van der Waals surface area contributed by atoms with E-state index in [0.29, 0.717) is 12.2 Å². The Morgan fingerprint density at radius 3 is 2.80 bits per heavy atom. The predicted octanol–water partition coefficient (Wildman–Crippen LogP) is 2.94. The highest BCUT2D eigenvalue weighted by Gasteiger charge is 2.34. The summed E-state index contributed by atoms with van der Waals surface area (Å²) >= 11 is 3.70. The van der Waals surface area contributed by atoms with Crippen molar-refractivity contribution in [1.29, 1.82) is 5.26 Å². The molecule has 1 aromatic carbocycles. The second-order valence-corrected chi connectivity index (χ2v) is 8.56. The molecule has 7 nitrogen and oxygen atoms in total. The number of carbonyl (C=O) groups excluding carboxylic acids is 2. The number of anilines is 1. The lowest BCUT2D eigenvalue weighted by molar-refractivity contribution is -0.130. The third-order valence-electron chi connectivity index (χ3n) is 5.38. The molecular formula is C22H26BrN5O2. The Balaban J connectivity index is 1.58. The van der Waals surface area contributed by atoms with Crippen molar-refractivity contribution in [2.24, 2.45) is 0 Å². The van der Waals surface area contributed by atoms with Gasteiger partial charge < -0.3 is 20.9 Å². The van der Waals surface area contributed by atoms with Crippen LogP contribution in [-0.4, -0.2) is 52.2 Å². The molecular weight excluding hydrogens is 446 g/mol. The van der Waals surface area contributed by atoms with Gasteiger partial charge in [0.25, 0.3) is 0 Å². The molecule has 1 aliphatic heterocycles. The summed E-state index contributed by atoms with van der Waals surface area (Å²) in [6.45, 7) is 0.800. The van der Waals surface area contributed by atoms with E-state index in [4.69, 9.17) is 11.0 Å². The van der Waals surface area contributed by atoms with Gasteiger partial charge in [-0.15, -0.1) is 0 Å². The van der Waals surface area contributed by atoms with E-state index in [9.17, 15) is 9.59 Å². The van der Waals surface area contributed by atoms with Crippen LogP contribution in [0.5, 0.6) is 0 Å². The van der Waals surface area contributed by atoms with Gasteiger partial charge in [-0.2, -0.15) is 5.26 Å². The molecule has 2 atom stereocenters. The van der Waals surface area contributed by atoms with Crippen molar-refractivity contribution >= 4 is 33.6 Å². The van der Waals surface area contributed by atoms with Crippen molar-refractivity contribution in [3.63, 3.8) is 0 Å². The van der Waals surface area contributed by atoms with E-state index < -0.39 is 6.03 Å². The Bertz CT molecular complexity index is 875. The van der Waals surface area contributed by atoms with Crippen molar-refractivity contribution in [3.05, 3.63) is 53.6 Å². The number of nitrogens with two attached hydrogens (primary N) is 1. The molecule has 3 rings (SSSR count). The summed E-state index contributed by atoms with van der Waals surface area (Å²) in [5.74, 6) is -0.106. The second kappa shape index (κ2) is 10.3. The number of halogens is 1. The van der Waals surface area contributed by atoms with E-state index in [1.165, 1.54) is 10.5 Å². The quantitative estimate of drug-likeness (QED) is 0.378. The number of carbonyl (C=O) groups is 2. The minimum atomic E-state index is -0.435. The zero-order chi connectivity index (χ0) is 21.5. The maximum Gasteiger partial charge on any atom is 0.318 e. The number of hydrogen-bond donors (Lipinski definition) is 2. The van der Waals surface area contributed by atoms with Crippen LogP contribution in [-0.2, 0) is 11.3 Å². The smallest absolute Gasteiger partial charge is 0.318 e.